The molecule has 0 aliphatic rings. The van der Waals surface area contributed by atoms with E-state index in [9.17, 15) is 28.9 Å². The summed E-state index contributed by atoms with van der Waals surface area (Å²) in [6.45, 7) is 4.25. The van der Waals surface area contributed by atoms with E-state index in [0.29, 0.717) is 19.3 Å². The second kappa shape index (κ2) is 46.2. The van der Waals surface area contributed by atoms with Crippen molar-refractivity contribution in [3.8, 4) is 0 Å². The molecule has 0 radical (unpaired) electrons. The van der Waals surface area contributed by atoms with Gasteiger partial charge in [0, 0.05) is 19.3 Å². The highest BCUT2D eigenvalue weighted by atomic mass is 31.2. The number of aliphatic hydroxyl groups excluding tert-OH is 1. The standard InChI is InChI=1S/C52H87O11P/c1-4-7-10-13-16-19-22-24-27-30-33-36-39-42-51(55)62-48(44-53)46-60-64(57,58)61-47-49(45-59-50(54)41-38-35-32-29-26-21-18-15-12-9-6-3)63-52(56)43-40-37-34-31-28-25-23-20-17-14-11-8-5-2/h7-8,10-11,15-20,24-25,27-28,48-49,53H,4-6,9,12-14,21-23,26,29-47H2,1-3H3,(H,57,58)/b10-7-,11-8-,18-15-,19-16-,20-17-,27-24-,28-25-. The van der Waals surface area contributed by atoms with Gasteiger partial charge in [-0.25, -0.2) is 4.57 Å². The number of rotatable bonds is 44. The van der Waals surface area contributed by atoms with Gasteiger partial charge in [0.15, 0.2) is 6.10 Å². The smallest absolute Gasteiger partial charge is 0.462 e. The van der Waals surface area contributed by atoms with Gasteiger partial charge in [-0.2, -0.15) is 0 Å². The fourth-order valence-corrected chi connectivity index (χ4v) is 6.85. The molecule has 0 amide bonds. The van der Waals surface area contributed by atoms with Crippen LogP contribution in [-0.2, 0) is 42.2 Å². The zero-order valence-corrected chi connectivity index (χ0v) is 40.9. The third-order valence-corrected chi connectivity index (χ3v) is 10.7. The van der Waals surface area contributed by atoms with Gasteiger partial charge in [0.1, 0.15) is 12.7 Å². The molecule has 12 heteroatoms. The lowest BCUT2D eigenvalue weighted by molar-refractivity contribution is -0.161. The lowest BCUT2D eigenvalue weighted by Crippen LogP contribution is -2.30. The Hall–Kier alpha value is -3.34. The Kier molecular flexibility index (Phi) is 43.8. The Balaban J connectivity index is 4.83. The monoisotopic (exact) mass is 919 g/mol. The molecule has 0 rings (SSSR count). The Labute approximate surface area is 388 Å². The molecule has 0 bridgehead atoms. The van der Waals surface area contributed by atoms with Crippen LogP contribution >= 0.6 is 7.82 Å². The summed E-state index contributed by atoms with van der Waals surface area (Å²) in [5.41, 5.74) is 0. The fraction of sp³-hybridized carbons (Fsp3) is 0.673. The summed E-state index contributed by atoms with van der Waals surface area (Å²) in [6, 6.07) is 0. The van der Waals surface area contributed by atoms with E-state index in [2.05, 4.69) is 106 Å². The number of hydrogen-bond acceptors (Lipinski definition) is 10. The molecule has 0 aromatic rings. The average Bonchev–Trinajstić information content (AvgIpc) is 3.28. The van der Waals surface area contributed by atoms with E-state index >= 15 is 0 Å². The summed E-state index contributed by atoms with van der Waals surface area (Å²) in [7, 11) is -4.76. The van der Waals surface area contributed by atoms with Crippen LogP contribution in [-0.4, -0.2) is 66.5 Å². The second-order valence-electron chi connectivity index (χ2n) is 15.9. The molecule has 0 saturated carbocycles. The van der Waals surface area contributed by atoms with E-state index in [1.165, 1.54) is 12.8 Å². The summed E-state index contributed by atoms with van der Waals surface area (Å²) in [6.07, 6.45) is 50.0. The summed E-state index contributed by atoms with van der Waals surface area (Å²) in [5.74, 6) is -1.55. The molecule has 0 aromatic heterocycles. The minimum atomic E-state index is -4.76. The molecule has 0 heterocycles. The molecule has 3 atom stereocenters. The Morgan fingerprint density at radius 2 is 0.812 bits per heavy atom. The van der Waals surface area contributed by atoms with Gasteiger partial charge in [0.05, 0.1) is 19.8 Å². The number of hydrogen-bond donors (Lipinski definition) is 2. The van der Waals surface area contributed by atoms with Crippen molar-refractivity contribution >= 4 is 25.7 Å². The third kappa shape index (κ3) is 43.9. The maximum atomic E-state index is 12.8. The van der Waals surface area contributed by atoms with Gasteiger partial charge in [-0.05, 0) is 103 Å². The highest BCUT2D eigenvalue weighted by molar-refractivity contribution is 7.47. The zero-order chi connectivity index (χ0) is 47.0. The summed E-state index contributed by atoms with van der Waals surface area (Å²) < 4.78 is 39.2. The van der Waals surface area contributed by atoms with E-state index in [1.54, 1.807) is 0 Å². The molecule has 0 spiro atoms. The number of esters is 3. The summed E-state index contributed by atoms with van der Waals surface area (Å²) in [4.78, 5) is 48.1. The summed E-state index contributed by atoms with van der Waals surface area (Å²) >= 11 is 0. The number of carbonyl (C=O) groups excluding carboxylic acids is 3. The number of unbranched alkanes of at least 4 members (excludes halogenated alkanes) is 13. The quantitative estimate of drug-likeness (QED) is 0.0197. The molecule has 366 valence electrons. The van der Waals surface area contributed by atoms with Crippen LogP contribution in [0.15, 0.2) is 85.1 Å². The van der Waals surface area contributed by atoms with Gasteiger partial charge in [-0.3, -0.25) is 23.4 Å². The van der Waals surface area contributed by atoms with Crippen molar-refractivity contribution in [2.24, 2.45) is 0 Å². The molecule has 11 nitrogen and oxygen atoms in total. The number of aliphatic hydroxyl groups is 1. The number of carbonyl (C=O) groups is 3. The minimum Gasteiger partial charge on any atom is -0.462 e. The molecule has 0 saturated heterocycles. The van der Waals surface area contributed by atoms with E-state index in [0.717, 1.165) is 116 Å². The largest absolute Gasteiger partial charge is 0.472 e. The van der Waals surface area contributed by atoms with Crippen LogP contribution in [0.4, 0.5) is 0 Å². The SMILES string of the molecule is CC/C=C\C/C=C\C/C=C\CCCCCC(=O)OC(CO)COP(=O)(O)OCC(COC(=O)CCCCCCC/C=C\CCCC)OC(=O)CCCCC/C=C\C/C=C\C/C=C\CC. The van der Waals surface area contributed by atoms with E-state index in [4.69, 9.17) is 23.3 Å². The van der Waals surface area contributed by atoms with Gasteiger partial charge >= 0.3 is 25.7 Å². The Morgan fingerprint density at radius 3 is 1.28 bits per heavy atom. The molecule has 0 fully saturated rings. The molecule has 0 aliphatic carbocycles. The van der Waals surface area contributed by atoms with Crippen LogP contribution in [0.5, 0.6) is 0 Å². The highest BCUT2D eigenvalue weighted by Gasteiger charge is 2.28. The predicted octanol–water partition coefficient (Wildman–Crippen LogP) is 13.6. The zero-order valence-electron chi connectivity index (χ0n) is 40.0. The molecule has 2 N–H and O–H groups in total. The highest BCUT2D eigenvalue weighted by Crippen LogP contribution is 2.43. The third-order valence-electron chi connectivity index (χ3n) is 9.78. The first-order valence-electron chi connectivity index (χ1n) is 24.5. The molecule has 0 aromatic carbocycles. The number of phosphoric acid groups is 1. The first-order chi connectivity index (χ1) is 31.2. The predicted molar refractivity (Wildman–Crippen MR) is 261 cm³/mol. The minimum absolute atomic E-state index is 0.125. The van der Waals surface area contributed by atoms with Crippen molar-refractivity contribution < 1.29 is 52.2 Å². The number of allylic oxidation sites excluding steroid dienone is 14. The van der Waals surface area contributed by atoms with Crippen molar-refractivity contribution in [3.05, 3.63) is 85.1 Å². The van der Waals surface area contributed by atoms with Crippen molar-refractivity contribution in [3.63, 3.8) is 0 Å². The summed E-state index contributed by atoms with van der Waals surface area (Å²) in [5, 5.41) is 9.75. The van der Waals surface area contributed by atoms with Crippen LogP contribution < -0.4 is 0 Å². The first kappa shape index (κ1) is 60.7. The Morgan fingerprint density at radius 1 is 0.453 bits per heavy atom. The second-order valence-corrected chi connectivity index (χ2v) is 17.3. The number of phosphoric ester groups is 1. The van der Waals surface area contributed by atoms with Crippen LogP contribution in [0, 0.1) is 0 Å². The van der Waals surface area contributed by atoms with Crippen LogP contribution in [0.25, 0.3) is 0 Å². The fourth-order valence-electron chi connectivity index (χ4n) is 6.07. The van der Waals surface area contributed by atoms with Crippen LogP contribution in [0.3, 0.4) is 0 Å². The lowest BCUT2D eigenvalue weighted by atomic mass is 10.1. The van der Waals surface area contributed by atoms with E-state index < -0.39 is 57.8 Å². The molecule has 0 aliphatic heterocycles. The first-order valence-corrected chi connectivity index (χ1v) is 26.0. The molecular formula is C52H87O11P. The number of ether oxygens (including phenoxy) is 3. The van der Waals surface area contributed by atoms with E-state index in [-0.39, 0.29) is 25.9 Å². The van der Waals surface area contributed by atoms with Crippen molar-refractivity contribution in [1.82, 2.24) is 0 Å². The van der Waals surface area contributed by atoms with Crippen molar-refractivity contribution in [2.45, 2.75) is 200 Å². The Bertz CT molecular complexity index is 1400. The van der Waals surface area contributed by atoms with Gasteiger partial charge < -0.3 is 24.2 Å². The molecular weight excluding hydrogens is 832 g/mol. The maximum Gasteiger partial charge on any atom is 0.472 e. The lowest BCUT2D eigenvalue weighted by Gasteiger charge is -2.21. The van der Waals surface area contributed by atoms with Gasteiger partial charge in [-0.15, -0.1) is 0 Å². The van der Waals surface area contributed by atoms with Crippen molar-refractivity contribution in [2.75, 3.05) is 26.4 Å². The van der Waals surface area contributed by atoms with Gasteiger partial charge in [-0.1, -0.05) is 151 Å². The van der Waals surface area contributed by atoms with Crippen LogP contribution in [0.1, 0.15) is 188 Å². The molecule has 3 unspecified atom stereocenters. The van der Waals surface area contributed by atoms with Crippen LogP contribution in [0.2, 0.25) is 0 Å². The van der Waals surface area contributed by atoms with Crippen molar-refractivity contribution in [1.29, 1.82) is 0 Å². The molecule has 64 heavy (non-hydrogen) atoms. The average molecular weight is 919 g/mol. The van der Waals surface area contributed by atoms with Gasteiger partial charge in [0.2, 0.25) is 0 Å². The maximum absolute atomic E-state index is 12.8. The van der Waals surface area contributed by atoms with E-state index in [1.807, 2.05) is 0 Å². The topological polar surface area (TPSA) is 155 Å². The normalized spacial score (nSPS) is 14.3. The van der Waals surface area contributed by atoms with Gasteiger partial charge in [0.25, 0.3) is 0 Å².